The number of nitrogens with zero attached hydrogens (tertiary/aromatic N) is 3. The number of halogens is 2. The third-order valence-electron chi connectivity index (χ3n) is 5.62. The van der Waals surface area contributed by atoms with Crippen LogP contribution in [0.25, 0.3) is 0 Å². The molecule has 2 heterocycles. The molecule has 0 aliphatic carbocycles. The molecule has 2 unspecified atom stereocenters. The quantitative estimate of drug-likeness (QED) is 0.428. The van der Waals surface area contributed by atoms with Crippen LogP contribution in [0, 0.1) is 11.7 Å². The van der Waals surface area contributed by atoms with Crippen LogP contribution in [0.3, 0.4) is 0 Å². The summed E-state index contributed by atoms with van der Waals surface area (Å²) in [4.78, 5) is 24.7. The van der Waals surface area contributed by atoms with Gasteiger partial charge >= 0.3 is 5.97 Å². The number of benzene rings is 1. The molecule has 2 aliphatic heterocycles. The number of rotatable bonds is 7. The van der Waals surface area contributed by atoms with Crippen molar-refractivity contribution >= 4 is 33.4 Å². The lowest BCUT2D eigenvalue weighted by Crippen LogP contribution is -2.50. The second-order valence-corrected chi connectivity index (χ2v) is 8.73. The summed E-state index contributed by atoms with van der Waals surface area (Å²) < 4.78 is 19.7. The van der Waals surface area contributed by atoms with E-state index in [-0.39, 0.29) is 12.4 Å². The number of nitrogens with one attached hydrogen (secondary N) is 1. The third kappa shape index (κ3) is 5.35. The summed E-state index contributed by atoms with van der Waals surface area (Å²) in [6.07, 6.45) is 4.93. The van der Waals surface area contributed by atoms with Gasteiger partial charge in [0.15, 0.2) is 5.84 Å². The fourth-order valence-corrected chi connectivity index (χ4v) is 4.26. The molecule has 0 spiro atoms. The highest BCUT2D eigenvalue weighted by molar-refractivity contribution is 9.10. The minimum absolute atomic E-state index is 0.262. The van der Waals surface area contributed by atoms with Crippen LogP contribution in [-0.4, -0.2) is 48.7 Å². The van der Waals surface area contributed by atoms with Crippen molar-refractivity contribution in [2.24, 2.45) is 15.9 Å². The van der Waals surface area contributed by atoms with Gasteiger partial charge in [-0.25, -0.2) is 9.18 Å². The first-order valence-corrected chi connectivity index (χ1v) is 11.8. The van der Waals surface area contributed by atoms with Crippen molar-refractivity contribution in [3.63, 3.8) is 0 Å². The predicted molar refractivity (Wildman–Crippen MR) is 129 cm³/mol. The highest BCUT2D eigenvalue weighted by atomic mass is 79.9. The maximum atomic E-state index is 13.8. The molecule has 8 heteroatoms. The number of aliphatic imine (C=N–C) groups is 2. The van der Waals surface area contributed by atoms with Crippen LogP contribution in [0.4, 0.5) is 4.39 Å². The van der Waals surface area contributed by atoms with E-state index in [9.17, 15) is 9.18 Å². The van der Waals surface area contributed by atoms with E-state index in [0.29, 0.717) is 40.5 Å². The summed E-state index contributed by atoms with van der Waals surface area (Å²) in [7, 11) is 0. The lowest BCUT2D eigenvalue weighted by molar-refractivity contribution is -0.139. The van der Waals surface area contributed by atoms with Gasteiger partial charge in [-0.15, -0.1) is 0 Å². The average Bonchev–Trinajstić information content (AvgIpc) is 2.78. The Kier molecular flexibility index (Phi) is 8.37. The average molecular weight is 505 g/mol. The fraction of sp³-hybridized carbons (Fsp3) is 0.458. The number of allylic oxidation sites excluding steroid dienone is 1. The van der Waals surface area contributed by atoms with Crippen LogP contribution in [0.5, 0.6) is 0 Å². The Morgan fingerprint density at radius 3 is 2.94 bits per heavy atom. The first kappa shape index (κ1) is 24.3. The van der Waals surface area contributed by atoms with Crippen molar-refractivity contribution in [3.8, 4) is 0 Å². The first-order chi connectivity index (χ1) is 15.4. The Hall–Kier alpha value is -2.32. The lowest BCUT2D eigenvalue weighted by atomic mass is 9.93. The van der Waals surface area contributed by atoms with Crippen molar-refractivity contribution in [2.75, 3.05) is 26.2 Å². The van der Waals surface area contributed by atoms with Crippen LogP contribution in [0.2, 0.25) is 0 Å². The number of carbonyl (C=O) groups is 1. The smallest absolute Gasteiger partial charge is 0.338 e. The Balaban J connectivity index is 2.13. The number of esters is 1. The topological polar surface area (TPSA) is 66.3 Å². The van der Waals surface area contributed by atoms with E-state index in [1.165, 1.54) is 12.1 Å². The number of hydrogen-bond acceptors (Lipinski definition) is 6. The van der Waals surface area contributed by atoms with E-state index < -0.39 is 12.0 Å². The molecule has 6 nitrogen and oxygen atoms in total. The van der Waals surface area contributed by atoms with Crippen LogP contribution in [0.1, 0.15) is 45.7 Å². The molecule has 1 fully saturated rings. The molecule has 0 saturated carbocycles. The van der Waals surface area contributed by atoms with Gasteiger partial charge in [-0.2, -0.15) is 0 Å². The standard InChI is InChI=1S/C24H30BrFN4O2/c1-5-15(3)9-10-28-16(4)23-29-22(18-8-7-17(26)13-19(18)25)21(24(31)32-6-2)20-14-27-11-12-30(20)23/h7-10,13,15,22,27H,5-6,11-12,14H2,1-4H3/b10-9-,28-16+. The van der Waals surface area contributed by atoms with E-state index >= 15 is 0 Å². The molecular formula is C24H30BrFN4O2. The molecule has 2 atom stereocenters. The monoisotopic (exact) mass is 504 g/mol. The second kappa shape index (κ2) is 11.0. The van der Waals surface area contributed by atoms with Gasteiger partial charge < -0.3 is 15.0 Å². The number of amidine groups is 1. The van der Waals surface area contributed by atoms with Crippen molar-refractivity contribution in [1.29, 1.82) is 0 Å². The molecule has 2 aliphatic rings. The molecule has 3 rings (SSSR count). The predicted octanol–water partition coefficient (Wildman–Crippen LogP) is 4.78. The van der Waals surface area contributed by atoms with Crippen LogP contribution < -0.4 is 5.32 Å². The number of piperazine rings is 1. The molecule has 32 heavy (non-hydrogen) atoms. The fourth-order valence-electron chi connectivity index (χ4n) is 3.69. The van der Waals surface area contributed by atoms with Gasteiger partial charge in [-0.3, -0.25) is 9.98 Å². The molecule has 0 amide bonds. The molecule has 0 radical (unpaired) electrons. The Labute approximate surface area is 197 Å². The minimum atomic E-state index is -0.631. The van der Waals surface area contributed by atoms with Crippen LogP contribution in [-0.2, 0) is 9.53 Å². The highest BCUT2D eigenvalue weighted by Gasteiger charge is 2.38. The van der Waals surface area contributed by atoms with Gasteiger partial charge in [0, 0.05) is 36.0 Å². The molecule has 1 saturated heterocycles. The minimum Gasteiger partial charge on any atom is -0.463 e. The van der Waals surface area contributed by atoms with E-state index in [0.717, 1.165) is 24.4 Å². The third-order valence-corrected chi connectivity index (χ3v) is 6.31. The zero-order valence-electron chi connectivity index (χ0n) is 19.0. The highest BCUT2D eigenvalue weighted by Crippen LogP contribution is 2.38. The largest absolute Gasteiger partial charge is 0.463 e. The molecule has 1 aromatic rings. The van der Waals surface area contributed by atoms with E-state index in [1.54, 1.807) is 13.0 Å². The number of carbonyl (C=O) groups excluding carboxylic acids is 1. The van der Waals surface area contributed by atoms with E-state index in [1.807, 2.05) is 18.0 Å². The summed E-state index contributed by atoms with van der Waals surface area (Å²) in [6, 6.07) is 3.80. The number of hydrogen-bond donors (Lipinski definition) is 1. The summed E-state index contributed by atoms with van der Waals surface area (Å²) in [6.45, 7) is 10.2. The van der Waals surface area contributed by atoms with Gasteiger partial charge in [0.2, 0.25) is 0 Å². The second-order valence-electron chi connectivity index (χ2n) is 7.87. The Morgan fingerprint density at radius 2 is 2.25 bits per heavy atom. The van der Waals surface area contributed by atoms with Crippen molar-refractivity contribution in [2.45, 2.75) is 40.2 Å². The maximum Gasteiger partial charge on any atom is 0.338 e. The molecule has 0 bridgehead atoms. The summed E-state index contributed by atoms with van der Waals surface area (Å²) >= 11 is 3.45. The van der Waals surface area contributed by atoms with Gasteiger partial charge in [0.1, 0.15) is 11.9 Å². The maximum absolute atomic E-state index is 13.8. The number of ether oxygens (including phenoxy) is 1. The van der Waals surface area contributed by atoms with E-state index in [4.69, 9.17) is 9.73 Å². The summed E-state index contributed by atoms with van der Waals surface area (Å²) in [5.41, 5.74) is 2.75. The first-order valence-electron chi connectivity index (χ1n) is 11.0. The lowest BCUT2D eigenvalue weighted by Gasteiger charge is -2.39. The van der Waals surface area contributed by atoms with Gasteiger partial charge in [0.05, 0.1) is 17.9 Å². The zero-order chi connectivity index (χ0) is 23.3. The molecule has 1 aromatic carbocycles. The van der Waals surface area contributed by atoms with Crippen molar-refractivity contribution < 1.29 is 13.9 Å². The molecule has 172 valence electrons. The number of fused-ring (bicyclic) bond motifs is 1. The van der Waals surface area contributed by atoms with Crippen molar-refractivity contribution in [3.05, 3.63) is 57.6 Å². The molecule has 1 N–H and O–H groups in total. The Morgan fingerprint density at radius 1 is 1.47 bits per heavy atom. The summed E-state index contributed by atoms with van der Waals surface area (Å²) in [5.74, 6) is 0.378. The van der Waals surface area contributed by atoms with Gasteiger partial charge in [-0.05, 0) is 37.5 Å². The Bertz CT molecular complexity index is 986. The van der Waals surface area contributed by atoms with Gasteiger partial charge in [-0.1, -0.05) is 48.3 Å². The summed E-state index contributed by atoms with van der Waals surface area (Å²) in [5, 5.41) is 3.34. The zero-order valence-corrected chi connectivity index (χ0v) is 20.6. The molecule has 0 aromatic heterocycles. The van der Waals surface area contributed by atoms with Gasteiger partial charge in [0.25, 0.3) is 0 Å². The molecular weight excluding hydrogens is 475 g/mol. The van der Waals surface area contributed by atoms with E-state index in [2.05, 4.69) is 46.2 Å². The normalized spacial score (nSPS) is 20.3. The van der Waals surface area contributed by atoms with Crippen LogP contribution in [0.15, 0.2) is 56.2 Å². The SMILES string of the molecule is CCOC(=O)C1=C2CNCCN2C(/C(C)=N/C=C\C(C)CC)=NC1c1ccc(F)cc1Br. The van der Waals surface area contributed by atoms with Crippen LogP contribution >= 0.6 is 15.9 Å². The van der Waals surface area contributed by atoms with Crippen molar-refractivity contribution in [1.82, 2.24) is 10.2 Å².